The quantitative estimate of drug-likeness (QED) is 0.769. The van der Waals surface area contributed by atoms with Gasteiger partial charge in [-0.05, 0) is 47.9 Å². The molecule has 3 aromatic rings. The second kappa shape index (κ2) is 7.00. The van der Waals surface area contributed by atoms with Crippen molar-refractivity contribution in [1.29, 1.82) is 0 Å². The topological polar surface area (TPSA) is 49.4 Å². The smallest absolute Gasteiger partial charge is 0.255 e. The van der Waals surface area contributed by atoms with Gasteiger partial charge in [-0.3, -0.25) is 9.59 Å². The lowest BCUT2D eigenvalue weighted by molar-refractivity contribution is 0.0794. The maximum absolute atomic E-state index is 12.7. The molecule has 0 unspecified atom stereocenters. The van der Waals surface area contributed by atoms with Gasteiger partial charge in [0.25, 0.3) is 11.8 Å². The average Bonchev–Trinajstić information content (AvgIpc) is 3.22. The van der Waals surface area contributed by atoms with E-state index in [-0.39, 0.29) is 11.8 Å². The zero-order valence-corrected chi connectivity index (χ0v) is 14.4. The predicted octanol–water partition coefficient (Wildman–Crippen LogP) is 4.33. The van der Waals surface area contributed by atoms with E-state index in [0.717, 1.165) is 36.7 Å². The summed E-state index contributed by atoms with van der Waals surface area (Å²) in [5.41, 5.74) is 1.68. The Bertz CT molecular complexity index is 975. The van der Waals surface area contributed by atoms with Crippen LogP contribution in [0.4, 0.5) is 5.69 Å². The van der Waals surface area contributed by atoms with E-state index in [4.69, 9.17) is 0 Å². The van der Waals surface area contributed by atoms with Crippen LogP contribution in [0.25, 0.3) is 10.8 Å². The third kappa shape index (κ3) is 3.18. The fourth-order valence-corrected chi connectivity index (χ4v) is 3.39. The molecule has 0 saturated carbocycles. The highest BCUT2D eigenvalue weighted by Crippen LogP contribution is 2.22. The van der Waals surface area contributed by atoms with Gasteiger partial charge in [0.1, 0.15) is 0 Å². The standard InChI is InChI=1S/C22H20N2O2/c25-21(18-12-11-16-7-1-2-8-17(16)15-18)23-20-10-4-3-9-19(20)22(26)24-13-5-6-14-24/h1-4,7-12,15H,5-6,13-14H2,(H,23,25). The number of para-hydroxylation sites is 1. The number of carbonyl (C=O) groups excluding carboxylic acids is 2. The van der Waals surface area contributed by atoms with Crippen molar-refractivity contribution < 1.29 is 9.59 Å². The highest BCUT2D eigenvalue weighted by atomic mass is 16.2. The van der Waals surface area contributed by atoms with Crippen molar-refractivity contribution in [3.8, 4) is 0 Å². The lowest BCUT2D eigenvalue weighted by Gasteiger charge is -2.18. The lowest BCUT2D eigenvalue weighted by atomic mass is 10.1. The molecule has 1 fully saturated rings. The van der Waals surface area contributed by atoms with Gasteiger partial charge in [-0.1, -0.05) is 42.5 Å². The third-order valence-electron chi connectivity index (χ3n) is 4.81. The molecule has 1 heterocycles. The Labute approximate surface area is 152 Å². The van der Waals surface area contributed by atoms with Gasteiger partial charge in [-0.15, -0.1) is 0 Å². The first-order valence-electron chi connectivity index (χ1n) is 8.91. The van der Waals surface area contributed by atoms with Gasteiger partial charge >= 0.3 is 0 Å². The summed E-state index contributed by atoms with van der Waals surface area (Å²) in [5, 5.41) is 5.02. The number of nitrogens with zero attached hydrogens (tertiary/aromatic N) is 1. The van der Waals surface area contributed by atoms with E-state index in [0.29, 0.717) is 16.8 Å². The average molecular weight is 344 g/mol. The second-order valence-electron chi connectivity index (χ2n) is 6.56. The van der Waals surface area contributed by atoms with Crippen molar-refractivity contribution >= 4 is 28.3 Å². The van der Waals surface area contributed by atoms with Crippen molar-refractivity contribution in [2.75, 3.05) is 18.4 Å². The number of nitrogens with one attached hydrogen (secondary N) is 1. The number of hydrogen-bond acceptors (Lipinski definition) is 2. The zero-order chi connectivity index (χ0) is 17.9. The summed E-state index contributed by atoms with van der Waals surface area (Å²) in [5.74, 6) is -0.227. The summed E-state index contributed by atoms with van der Waals surface area (Å²) < 4.78 is 0. The third-order valence-corrected chi connectivity index (χ3v) is 4.81. The van der Waals surface area contributed by atoms with Crippen molar-refractivity contribution in [3.63, 3.8) is 0 Å². The Morgan fingerprint density at radius 1 is 0.808 bits per heavy atom. The first-order valence-corrected chi connectivity index (χ1v) is 8.91. The first kappa shape index (κ1) is 16.3. The van der Waals surface area contributed by atoms with Crippen molar-refractivity contribution in [2.24, 2.45) is 0 Å². The number of benzene rings is 3. The van der Waals surface area contributed by atoms with Gasteiger partial charge in [-0.25, -0.2) is 0 Å². The van der Waals surface area contributed by atoms with Crippen LogP contribution in [0.1, 0.15) is 33.6 Å². The molecule has 1 aliphatic heterocycles. The summed E-state index contributed by atoms with van der Waals surface area (Å²) in [6.45, 7) is 1.57. The lowest BCUT2D eigenvalue weighted by Crippen LogP contribution is -2.28. The normalized spacial score (nSPS) is 13.8. The molecule has 4 nitrogen and oxygen atoms in total. The summed E-state index contributed by atoms with van der Waals surface area (Å²) in [6, 6.07) is 20.8. The molecule has 130 valence electrons. The number of rotatable bonds is 3. The molecule has 1 N–H and O–H groups in total. The Balaban J connectivity index is 1.60. The number of hydrogen-bond donors (Lipinski definition) is 1. The summed E-state index contributed by atoms with van der Waals surface area (Å²) in [7, 11) is 0. The second-order valence-corrected chi connectivity index (χ2v) is 6.56. The van der Waals surface area contributed by atoms with Crippen LogP contribution in [0.15, 0.2) is 66.7 Å². The monoisotopic (exact) mass is 344 g/mol. The molecule has 0 aliphatic carbocycles. The predicted molar refractivity (Wildman–Crippen MR) is 103 cm³/mol. The molecule has 3 aromatic carbocycles. The number of fused-ring (bicyclic) bond motifs is 1. The minimum atomic E-state index is -0.211. The van der Waals surface area contributed by atoms with Gasteiger partial charge in [0.15, 0.2) is 0 Å². The molecule has 2 amide bonds. The van der Waals surface area contributed by atoms with Crippen LogP contribution in [0.3, 0.4) is 0 Å². The van der Waals surface area contributed by atoms with Crippen molar-refractivity contribution in [2.45, 2.75) is 12.8 Å². The van der Waals surface area contributed by atoms with Crippen LogP contribution in [0.2, 0.25) is 0 Å². The van der Waals surface area contributed by atoms with Crippen LogP contribution in [-0.4, -0.2) is 29.8 Å². The summed E-state index contributed by atoms with van der Waals surface area (Å²) in [6.07, 6.45) is 2.08. The molecule has 26 heavy (non-hydrogen) atoms. The van der Waals surface area contributed by atoms with Crippen LogP contribution >= 0.6 is 0 Å². The molecular formula is C22H20N2O2. The molecular weight excluding hydrogens is 324 g/mol. The molecule has 0 atom stereocenters. The molecule has 4 heteroatoms. The Hall–Kier alpha value is -3.14. The van der Waals surface area contributed by atoms with E-state index in [1.54, 1.807) is 12.1 Å². The van der Waals surface area contributed by atoms with E-state index >= 15 is 0 Å². The maximum atomic E-state index is 12.7. The molecule has 0 aromatic heterocycles. The molecule has 0 radical (unpaired) electrons. The van der Waals surface area contributed by atoms with Crippen LogP contribution in [0, 0.1) is 0 Å². The van der Waals surface area contributed by atoms with Crippen LogP contribution in [0.5, 0.6) is 0 Å². The minimum absolute atomic E-state index is 0.0167. The first-order chi connectivity index (χ1) is 12.7. The van der Waals surface area contributed by atoms with E-state index in [2.05, 4.69) is 5.32 Å². The summed E-state index contributed by atoms with van der Waals surface area (Å²) >= 11 is 0. The van der Waals surface area contributed by atoms with E-state index in [9.17, 15) is 9.59 Å². The molecule has 1 saturated heterocycles. The fourth-order valence-electron chi connectivity index (χ4n) is 3.39. The number of carbonyl (C=O) groups is 2. The van der Waals surface area contributed by atoms with Crippen molar-refractivity contribution in [3.05, 3.63) is 77.9 Å². The number of amides is 2. The number of likely N-dealkylation sites (tertiary alicyclic amines) is 1. The van der Waals surface area contributed by atoms with E-state index < -0.39 is 0 Å². The number of anilines is 1. The van der Waals surface area contributed by atoms with Gasteiger partial charge in [0.05, 0.1) is 11.3 Å². The largest absolute Gasteiger partial charge is 0.339 e. The summed E-state index contributed by atoms with van der Waals surface area (Å²) in [4.78, 5) is 27.3. The van der Waals surface area contributed by atoms with Crippen LogP contribution < -0.4 is 5.32 Å². The van der Waals surface area contributed by atoms with Gasteiger partial charge in [0, 0.05) is 18.7 Å². The van der Waals surface area contributed by atoms with Gasteiger partial charge in [-0.2, -0.15) is 0 Å². The SMILES string of the molecule is O=C(Nc1ccccc1C(=O)N1CCCC1)c1ccc2ccccc2c1. The highest BCUT2D eigenvalue weighted by molar-refractivity contribution is 6.10. The molecule has 0 spiro atoms. The Morgan fingerprint density at radius 3 is 2.31 bits per heavy atom. The van der Waals surface area contributed by atoms with E-state index in [1.807, 2.05) is 59.5 Å². The molecule has 1 aliphatic rings. The van der Waals surface area contributed by atoms with Crippen LogP contribution in [-0.2, 0) is 0 Å². The van der Waals surface area contributed by atoms with E-state index in [1.165, 1.54) is 0 Å². The molecule has 0 bridgehead atoms. The zero-order valence-electron chi connectivity index (χ0n) is 14.4. The van der Waals surface area contributed by atoms with Gasteiger partial charge in [0.2, 0.25) is 0 Å². The Morgan fingerprint density at radius 2 is 1.50 bits per heavy atom. The fraction of sp³-hybridized carbons (Fsp3) is 0.182. The minimum Gasteiger partial charge on any atom is -0.339 e. The Kier molecular flexibility index (Phi) is 4.40. The van der Waals surface area contributed by atoms with Gasteiger partial charge < -0.3 is 10.2 Å². The van der Waals surface area contributed by atoms with Crippen molar-refractivity contribution in [1.82, 2.24) is 4.90 Å². The maximum Gasteiger partial charge on any atom is 0.255 e. The molecule has 4 rings (SSSR count). The highest BCUT2D eigenvalue weighted by Gasteiger charge is 2.22.